The van der Waals surface area contributed by atoms with Crippen molar-refractivity contribution in [2.75, 3.05) is 6.54 Å². The Morgan fingerprint density at radius 3 is 2.73 bits per heavy atom. The van der Waals surface area contributed by atoms with Crippen molar-refractivity contribution in [1.82, 2.24) is 8.87 Å². The van der Waals surface area contributed by atoms with Gasteiger partial charge in [-0.2, -0.15) is 4.31 Å². The quantitative estimate of drug-likeness (QED) is 0.862. The molecule has 1 saturated heterocycles. The summed E-state index contributed by atoms with van der Waals surface area (Å²) in [5.41, 5.74) is 0.917. The first-order chi connectivity index (χ1) is 10.5. The fourth-order valence-corrected chi connectivity index (χ4v) is 5.20. The van der Waals surface area contributed by atoms with E-state index in [-0.39, 0.29) is 10.9 Å². The predicted molar refractivity (Wildman–Crippen MR) is 81.1 cm³/mol. The van der Waals surface area contributed by atoms with Gasteiger partial charge in [-0.25, -0.2) is 13.2 Å². The van der Waals surface area contributed by atoms with Crippen LogP contribution in [0.4, 0.5) is 0 Å². The molecule has 1 unspecified atom stereocenters. The first-order valence-electron chi connectivity index (χ1n) is 7.60. The predicted octanol–water partition coefficient (Wildman–Crippen LogP) is 1.69. The zero-order valence-corrected chi connectivity index (χ0v) is 13.2. The molecule has 1 aromatic carbocycles. The highest BCUT2D eigenvalue weighted by Gasteiger charge is 2.43. The van der Waals surface area contributed by atoms with E-state index < -0.39 is 15.8 Å². The molecule has 0 amide bonds. The van der Waals surface area contributed by atoms with E-state index in [2.05, 4.69) is 0 Å². The summed E-state index contributed by atoms with van der Waals surface area (Å²) in [5.74, 6) is 0.0391. The number of aryl methyl sites for hydroxylation is 1. The number of oxazole rings is 1. The van der Waals surface area contributed by atoms with Crippen LogP contribution in [0.2, 0.25) is 0 Å². The number of benzene rings is 1. The van der Waals surface area contributed by atoms with Gasteiger partial charge in [-0.3, -0.25) is 4.57 Å². The van der Waals surface area contributed by atoms with Crippen molar-refractivity contribution in [2.24, 2.45) is 13.0 Å². The standard InChI is InChI=1S/C15H18N2O4S/c1-16-13-7-6-11(9-14(13)21-15(16)18)22(19,20)17-8-2-3-12(17)10-4-5-10/h6-7,9-10,12H,2-5,8H2,1H3. The van der Waals surface area contributed by atoms with Crippen molar-refractivity contribution < 1.29 is 12.8 Å². The molecule has 1 aliphatic carbocycles. The molecule has 1 aromatic heterocycles. The molecule has 22 heavy (non-hydrogen) atoms. The van der Waals surface area contributed by atoms with Gasteiger partial charge >= 0.3 is 5.76 Å². The van der Waals surface area contributed by atoms with Gasteiger partial charge in [-0.15, -0.1) is 0 Å². The van der Waals surface area contributed by atoms with Crippen LogP contribution < -0.4 is 5.76 Å². The van der Waals surface area contributed by atoms with Gasteiger partial charge in [0.05, 0.1) is 10.4 Å². The van der Waals surface area contributed by atoms with Gasteiger partial charge in [-0.05, 0) is 43.7 Å². The Bertz CT molecular complexity index is 892. The van der Waals surface area contributed by atoms with Gasteiger partial charge in [0.25, 0.3) is 0 Å². The van der Waals surface area contributed by atoms with Crippen LogP contribution in [-0.2, 0) is 17.1 Å². The average molecular weight is 322 g/mol. The van der Waals surface area contributed by atoms with Gasteiger partial charge in [0.15, 0.2) is 5.58 Å². The summed E-state index contributed by atoms with van der Waals surface area (Å²) in [6.07, 6.45) is 4.13. The molecule has 2 heterocycles. The van der Waals surface area contributed by atoms with Crippen LogP contribution in [-0.4, -0.2) is 29.9 Å². The maximum absolute atomic E-state index is 12.9. The molecule has 0 spiro atoms. The van der Waals surface area contributed by atoms with Gasteiger partial charge in [0.1, 0.15) is 0 Å². The molecule has 0 N–H and O–H groups in total. The smallest absolute Gasteiger partial charge is 0.408 e. The SMILES string of the molecule is Cn1c(=O)oc2cc(S(=O)(=O)N3CCCC3C3CC3)ccc21. The number of hydrogen-bond acceptors (Lipinski definition) is 4. The molecule has 4 rings (SSSR count). The first kappa shape index (κ1) is 14.0. The molecule has 7 heteroatoms. The normalized spacial score (nSPS) is 23.4. The van der Waals surface area contributed by atoms with E-state index in [0.717, 1.165) is 25.7 Å². The lowest BCUT2D eigenvalue weighted by atomic mass is 10.1. The lowest BCUT2D eigenvalue weighted by Gasteiger charge is -2.23. The van der Waals surface area contributed by atoms with Crippen LogP contribution in [0, 0.1) is 5.92 Å². The molecular weight excluding hydrogens is 304 g/mol. The first-order valence-corrected chi connectivity index (χ1v) is 9.04. The Morgan fingerprint density at radius 2 is 2.00 bits per heavy atom. The Balaban J connectivity index is 1.77. The summed E-state index contributed by atoms with van der Waals surface area (Å²) in [6.45, 7) is 0.584. The number of rotatable bonds is 3. The molecule has 118 valence electrons. The van der Waals surface area contributed by atoms with E-state index in [4.69, 9.17) is 4.42 Å². The van der Waals surface area contributed by atoms with E-state index in [9.17, 15) is 13.2 Å². The Morgan fingerprint density at radius 1 is 1.23 bits per heavy atom. The summed E-state index contributed by atoms with van der Waals surface area (Å²) in [5, 5.41) is 0. The van der Waals surface area contributed by atoms with Crippen LogP contribution in [0.1, 0.15) is 25.7 Å². The van der Waals surface area contributed by atoms with E-state index in [1.807, 2.05) is 0 Å². The maximum atomic E-state index is 12.9. The number of fused-ring (bicyclic) bond motifs is 1. The molecule has 2 aliphatic rings. The van der Waals surface area contributed by atoms with E-state index in [0.29, 0.717) is 23.6 Å². The lowest BCUT2D eigenvalue weighted by molar-refractivity contribution is 0.356. The van der Waals surface area contributed by atoms with Crippen LogP contribution in [0.3, 0.4) is 0 Å². The number of nitrogens with zero attached hydrogens (tertiary/aromatic N) is 2. The summed E-state index contributed by atoms with van der Waals surface area (Å²) < 4.78 is 33.9. The molecule has 2 aromatic rings. The Hall–Kier alpha value is -1.60. The van der Waals surface area contributed by atoms with Crippen molar-refractivity contribution in [3.8, 4) is 0 Å². The van der Waals surface area contributed by atoms with E-state index in [1.54, 1.807) is 23.5 Å². The second-order valence-electron chi connectivity index (χ2n) is 6.22. The minimum Gasteiger partial charge on any atom is -0.408 e. The zero-order valence-electron chi connectivity index (χ0n) is 12.4. The topological polar surface area (TPSA) is 72.5 Å². The molecular formula is C15H18N2O4S. The molecule has 1 saturated carbocycles. The van der Waals surface area contributed by atoms with Gasteiger partial charge in [0.2, 0.25) is 10.0 Å². The highest BCUT2D eigenvalue weighted by atomic mass is 32.2. The van der Waals surface area contributed by atoms with Gasteiger partial charge < -0.3 is 4.42 Å². The molecule has 6 nitrogen and oxygen atoms in total. The van der Waals surface area contributed by atoms with Crippen LogP contribution in [0.25, 0.3) is 11.1 Å². The summed E-state index contributed by atoms with van der Waals surface area (Å²) in [4.78, 5) is 11.8. The third-order valence-electron chi connectivity index (χ3n) is 4.78. The largest absolute Gasteiger partial charge is 0.419 e. The minimum absolute atomic E-state index is 0.142. The molecule has 0 bridgehead atoms. The maximum Gasteiger partial charge on any atom is 0.419 e. The number of sulfonamides is 1. The molecule has 0 radical (unpaired) electrons. The minimum atomic E-state index is -3.53. The number of hydrogen-bond donors (Lipinski definition) is 0. The zero-order chi connectivity index (χ0) is 15.5. The molecule has 1 aliphatic heterocycles. The Kier molecular flexibility index (Phi) is 2.99. The monoisotopic (exact) mass is 322 g/mol. The van der Waals surface area contributed by atoms with Crippen molar-refractivity contribution in [3.05, 3.63) is 28.7 Å². The van der Waals surface area contributed by atoms with Crippen molar-refractivity contribution >= 4 is 21.1 Å². The van der Waals surface area contributed by atoms with Crippen LogP contribution in [0.5, 0.6) is 0 Å². The fourth-order valence-electron chi connectivity index (χ4n) is 3.43. The fraction of sp³-hybridized carbons (Fsp3) is 0.533. The third kappa shape index (κ3) is 2.03. The van der Waals surface area contributed by atoms with Crippen molar-refractivity contribution in [2.45, 2.75) is 36.6 Å². The number of aromatic nitrogens is 1. The van der Waals surface area contributed by atoms with Crippen molar-refractivity contribution in [1.29, 1.82) is 0 Å². The third-order valence-corrected chi connectivity index (χ3v) is 6.71. The average Bonchev–Trinajstić information content (AvgIpc) is 3.14. The van der Waals surface area contributed by atoms with Crippen molar-refractivity contribution in [3.63, 3.8) is 0 Å². The molecule has 2 fully saturated rings. The van der Waals surface area contributed by atoms with E-state index in [1.165, 1.54) is 10.6 Å². The van der Waals surface area contributed by atoms with Gasteiger partial charge in [0, 0.05) is 25.7 Å². The summed E-state index contributed by atoms with van der Waals surface area (Å²) in [6, 6.07) is 4.81. The van der Waals surface area contributed by atoms with Crippen LogP contribution >= 0.6 is 0 Å². The van der Waals surface area contributed by atoms with Gasteiger partial charge in [-0.1, -0.05) is 0 Å². The van der Waals surface area contributed by atoms with E-state index >= 15 is 0 Å². The Labute approximate surface area is 128 Å². The highest BCUT2D eigenvalue weighted by Crippen LogP contribution is 2.42. The highest BCUT2D eigenvalue weighted by molar-refractivity contribution is 7.89. The van der Waals surface area contributed by atoms with Crippen LogP contribution in [0.15, 0.2) is 32.3 Å². The molecule has 1 atom stereocenters. The lowest BCUT2D eigenvalue weighted by Crippen LogP contribution is -2.36. The summed E-state index contributed by atoms with van der Waals surface area (Å²) in [7, 11) is -1.92. The second kappa shape index (κ2) is 4.70. The second-order valence-corrected chi connectivity index (χ2v) is 8.11. The summed E-state index contributed by atoms with van der Waals surface area (Å²) >= 11 is 0.